The Morgan fingerprint density at radius 1 is 1.44 bits per heavy atom. The van der Waals surface area contributed by atoms with E-state index in [1.54, 1.807) is 0 Å². The number of halogens is 1. The van der Waals surface area contributed by atoms with E-state index in [-0.39, 0.29) is 6.42 Å². The van der Waals surface area contributed by atoms with Crippen LogP contribution in [0.4, 0.5) is 0 Å². The number of benzene rings is 1. The molecule has 0 aliphatic rings. The van der Waals surface area contributed by atoms with Gasteiger partial charge in [-0.05, 0) is 30.5 Å². The Bertz CT molecular complexity index is 519. The topological polar surface area (TPSA) is 53.1 Å². The lowest BCUT2D eigenvalue weighted by Gasteiger charge is -1.98. The number of hydrogen-bond acceptors (Lipinski definition) is 1. The minimum atomic E-state index is -0.734. The normalized spacial score (nSPS) is 10.8. The van der Waals surface area contributed by atoms with Crippen molar-refractivity contribution in [3.8, 4) is 0 Å². The number of rotatable bonds is 4. The third kappa shape index (κ3) is 2.44. The van der Waals surface area contributed by atoms with Crippen molar-refractivity contribution in [3.63, 3.8) is 0 Å². The predicted octanol–water partition coefficient (Wildman–Crippen LogP) is 3.34. The van der Waals surface area contributed by atoms with Gasteiger partial charge in [0, 0.05) is 28.0 Å². The van der Waals surface area contributed by atoms with Crippen LogP contribution in [0.15, 0.2) is 28.9 Å². The quantitative estimate of drug-likeness (QED) is 0.903. The molecular weight excluding hydrogens is 270 g/mol. The molecule has 2 N–H and O–H groups in total. The Balaban J connectivity index is 2.15. The van der Waals surface area contributed by atoms with Crippen LogP contribution in [-0.4, -0.2) is 16.1 Å². The van der Waals surface area contributed by atoms with Gasteiger partial charge in [0.2, 0.25) is 0 Å². The molecule has 0 saturated heterocycles. The Hall–Kier alpha value is -1.29. The van der Waals surface area contributed by atoms with Crippen molar-refractivity contribution in [1.29, 1.82) is 0 Å². The van der Waals surface area contributed by atoms with Crippen LogP contribution in [0.2, 0.25) is 0 Å². The van der Waals surface area contributed by atoms with E-state index >= 15 is 0 Å². The molecule has 0 bridgehead atoms. The molecule has 1 heterocycles. The van der Waals surface area contributed by atoms with Crippen LogP contribution in [0.25, 0.3) is 10.9 Å². The van der Waals surface area contributed by atoms with Crippen LogP contribution in [0, 0.1) is 0 Å². The molecule has 2 aromatic rings. The average molecular weight is 282 g/mol. The van der Waals surface area contributed by atoms with E-state index in [0.717, 1.165) is 16.4 Å². The van der Waals surface area contributed by atoms with Crippen molar-refractivity contribution in [1.82, 2.24) is 4.98 Å². The number of carboxylic acid groups (broad SMARTS) is 1. The number of aromatic nitrogens is 1. The summed E-state index contributed by atoms with van der Waals surface area (Å²) >= 11 is 3.42. The van der Waals surface area contributed by atoms with Crippen molar-refractivity contribution in [3.05, 3.63) is 34.4 Å². The largest absolute Gasteiger partial charge is 0.481 e. The van der Waals surface area contributed by atoms with E-state index in [9.17, 15) is 4.79 Å². The van der Waals surface area contributed by atoms with Gasteiger partial charge in [0.05, 0.1) is 0 Å². The molecule has 0 atom stereocenters. The first-order chi connectivity index (χ1) is 7.66. The fourth-order valence-corrected chi connectivity index (χ4v) is 2.16. The van der Waals surface area contributed by atoms with Gasteiger partial charge in [0.25, 0.3) is 0 Å². The zero-order valence-electron chi connectivity index (χ0n) is 8.66. The van der Waals surface area contributed by atoms with E-state index in [4.69, 9.17) is 5.11 Å². The molecule has 3 nitrogen and oxygen atoms in total. The molecule has 0 amide bonds. The summed E-state index contributed by atoms with van der Waals surface area (Å²) in [5, 5.41) is 9.75. The molecule has 2 rings (SSSR count). The second-order valence-electron chi connectivity index (χ2n) is 3.75. The lowest BCUT2D eigenvalue weighted by Crippen LogP contribution is -1.95. The number of aryl methyl sites for hydroxylation is 1. The van der Waals surface area contributed by atoms with E-state index in [0.29, 0.717) is 6.42 Å². The molecule has 4 heteroatoms. The number of H-pyrrole nitrogens is 1. The van der Waals surface area contributed by atoms with Crippen molar-refractivity contribution < 1.29 is 9.90 Å². The molecule has 0 unspecified atom stereocenters. The smallest absolute Gasteiger partial charge is 0.303 e. The maximum Gasteiger partial charge on any atom is 0.303 e. The summed E-state index contributed by atoms with van der Waals surface area (Å²) in [4.78, 5) is 13.6. The summed E-state index contributed by atoms with van der Waals surface area (Å²) in [5.74, 6) is -0.734. The van der Waals surface area contributed by atoms with Crippen LogP contribution in [0.5, 0.6) is 0 Å². The number of hydrogen-bond donors (Lipinski definition) is 2. The van der Waals surface area contributed by atoms with Crippen LogP contribution in [-0.2, 0) is 11.2 Å². The fourth-order valence-electron chi connectivity index (χ4n) is 1.80. The highest BCUT2D eigenvalue weighted by Crippen LogP contribution is 2.23. The number of nitrogens with one attached hydrogen (secondary N) is 1. The number of carboxylic acids is 1. The molecule has 0 aliphatic heterocycles. The third-order valence-electron chi connectivity index (χ3n) is 2.57. The summed E-state index contributed by atoms with van der Waals surface area (Å²) < 4.78 is 1.04. The first-order valence-electron chi connectivity index (χ1n) is 5.14. The Morgan fingerprint density at radius 3 is 3.00 bits per heavy atom. The van der Waals surface area contributed by atoms with Gasteiger partial charge < -0.3 is 10.1 Å². The SMILES string of the molecule is O=C(O)CCCc1c[nH]c2cc(Br)ccc12. The first-order valence-corrected chi connectivity index (χ1v) is 5.93. The molecule has 0 fully saturated rings. The molecule has 0 aliphatic carbocycles. The molecule has 84 valence electrons. The average Bonchev–Trinajstić information content (AvgIpc) is 2.60. The molecule has 1 aromatic carbocycles. The van der Waals surface area contributed by atoms with Gasteiger partial charge in [-0.3, -0.25) is 4.79 Å². The summed E-state index contributed by atoms with van der Waals surface area (Å²) in [6.07, 6.45) is 3.66. The van der Waals surface area contributed by atoms with Gasteiger partial charge >= 0.3 is 5.97 Å². The molecule has 0 saturated carbocycles. The fraction of sp³-hybridized carbons (Fsp3) is 0.250. The van der Waals surface area contributed by atoms with Gasteiger partial charge in [-0.1, -0.05) is 22.0 Å². The zero-order valence-corrected chi connectivity index (χ0v) is 10.3. The maximum absolute atomic E-state index is 10.4. The zero-order chi connectivity index (χ0) is 11.5. The van der Waals surface area contributed by atoms with E-state index in [1.165, 1.54) is 10.9 Å². The highest BCUT2D eigenvalue weighted by Gasteiger charge is 2.05. The molecular formula is C12H12BrNO2. The standard InChI is InChI=1S/C12H12BrNO2/c13-9-4-5-10-8(2-1-3-12(15)16)7-14-11(10)6-9/h4-7,14H,1-3H2,(H,15,16). The third-order valence-corrected chi connectivity index (χ3v) is 3.06. The van der Waals surface area contributed by atoms with Crippen molar-refractivity contribution in [2.45, 2.75) is 19.3 Å². The van der Waals surface area contributed by atoms with Gasteiger partial charge in [-0.2, -0.15) is 0 Å². The van der Waals surface area contributed by atoms with Crippen LogP contribution in [0.3, 0.4) is 0 Å². The van der Waals surface area contributed by atoms with Gasteiger partial charge in [-0.15, -0.1) is 0 Å². The molecule has 1 aromatic heterocycles. The summed E-state index contributed by atoms with van der Waals surface area (Å²) in [6, 6.07) is 6.07. The highest BCUT2D eigenvalue weighted by molar-refractivity contribution is 9.10. The molecule has 0 radical (unpaired) electrons. The van der Waals surface area contributed by atoms with Crippen molar-refractivity contribution in [2.75, 3.05) is 0 Å². The minimum Gasteiger partial charge on any atom is -0.481 e. The lowest BCUT2D eigenvalue weighted by molar-refractivity contribution is -0.137. The number of fused-ring (bicyclic) bond motifs is 1. The number of aromatic amines is 1. The minimum absolute atomic E-state index is 0.225. The van der Waals surface area contributed by atoms with Gasteiger partial charge in [0.1, 0.15) is 0 Å². The van der Waals surface area contributed by atoms with Crippen LogP contribution < -0.4 is 0 Å². The summed E-state index contributed by atoms with van der Waals surface area (Å²) in [6.45, 7) is 0. The summed E-state index contributed by atoms with van der Waals surface area (Å²) in [5.41, 5.74) is 2.27. The number of carbonyl (C=O) groups is 1. The number of aliphatic carboxylic acids is 1. The van der Waals surface area contributed by atoms with Crippen molar-refractivity contribution >= 4 is 32.8 Å². The van der Waals surface area contributed by atoms with Gasteiger partial charge in [-0.25, -0.2) is 0 Å². The second-order valence-corrected chi connectivity index (χ2v) is 4.67. The summed E-state index contributed by atoms with van der Waals surface area (Å²) in [7, 11) is 0. The van der Waals surface area contributed by atoms with Crippen LogP contribution >= 0.6 is 15.9 Å². The van der Waals surface area contributed by atoms with Crippen molar-refractivity contribution in [2.24, 2.45) is 0 Å². The predicted molar refractivity (Wildman–Crippen MR) is 66.6 cm³/mol. The lowest BCUT2D eigenvalue weighted by atomic mass is 10.1. The van der Waals surface area contributed by atoms with E-state index in [2.05, 4.69) is 20.9 Å². The second kappa shape index (κ2) is 4.70. The molecule has 16 heavy (non-hydrogen) atoms. The van der Waals surface area contributed by atoms with E-state index < -0.39 is 5.97 Å². The maximum atomic E-state index is 10.4. The monoisotopic (exact) mass is 281 g/mol. The molecule has 0 spiro atoms. The van der Waals surface area contributed by atoms with Crippen LogP contribution in [0.1, 0.15) is 18.4 Å². The Labute approximate surface area is 102 Å². The first kappa shape index (κ1) is 11.2. The Morgan fingerprint density at radius 2 is 2.25 bits per heavy atom. The highest BCUT2D eigenvalue weighted by atomic mass is 79.9. The van der Waals surface area contributed by atoms with E-state index in [1.807, 2.05) is 24.4 Å². The Kier molecular flexibility index (Phi) is 3.29. The van der Waals surface area contributed by atoms with Gasteiger partial charge in [0.15, 0.2) is 0 Å².